The summed E-state index contributed by atoms with van der Waals surface area (Å²) >= 11 is 5.93. The molecule has 0 radical (unpaired) electrons. The zero-order valence-electron chi connectivity index (χ0n) is 10.8. The van der Waals surface area contributed by atoms with Gasteiger partial charge in [0.15, 0.2) is 5.76 Å². The number of furan rings is 1. The lowest BCUT2D eigenvalue weighted by molar-refractivity contribution is 0.0999. The first-order valence-electron chi connectivity index (χ1n) is 6.56. The molecule has 0 aliphatic heterocycles. The van der Waals surface area contributed by atoms with Gasteiger partial charge in [-0.3, -0.25) is 4.79 Å². The second-order valence-corrected chi connectivity index (χ2v) is 5.67. The summed E-state index contributed by atoms with van der Waals surface area (Å²) in [7, 11) is 0. The fourth-order valence-corrected chi connectivity index (χ4v) is 2.64. The predicted octanol–water partition coefficient (Wildman–Crippen LogP) is 5.02. The average molecular weight is 275 g/mol. The van der Waals surface area contributed by atoms with Crippen molar-refractivity contribution in [2.24, 2.45) is 5.92 Å². The lowest BCUT2D eigenvalue weighted by Crippen LogP contribution is -2.09. The molecule has 3 heteroatoms. The van der Waals surface area contributed by atoms with Gasteiger partial charge in [0.2, 0.25) is 5.78 Å². The van der Waals surface area contributed by atoms with Crippen LogP contribution in [-0.4, -0.2) is 5.78 Å². The summed E-state index contributed by atoms with van der Waals surface area (Å²) in [6.07, 6.45) is 4.95. The number of allylic oxidation sites excluding steroid dienone is 2. The molecule has 19 heavy (non-hydrogen) atoms. The van der Waals surface area contributed by atoms with Crippen LogP contribution in [0.15, 0.2) is 40.3 Å². The molecule has 0 spiro atoms. The van der Waals surface area contributed by atoms with Crippen LogP contribution in [0.25, 0.3) is 11.0 Å². The maximum Gasteiger partial charge on any atom is 0.223 e. The standard InChI is InChI=1S/C16H15ClO2/c1-10-2-4-11(5-3-10)16(18)15-9-12-8-13(17)6-7-14(12)19-15/h4,6-10H,2-3,5H2,1H3. The van der Waals surface area contributed by atoms with Crippen molar-refractivity contribution in [2.45, 2.75) is 26.2 Å². The van der Waals surface area contributed by atoms with Gasteiger partial charge in [-0.15, -0.1) is 0 Å². The van der Waals surface area contributed by atoms with Gasteiger partial charge >= 0.3 is 0 Å². The Bertz CT molecular complexity index is 666. The topological polar surface area (TPSA) is 30.2 Å². The van der Waals surface area contributed by atoms with E-state index in [4.69, 9.17) is 16.0 Å². The molecule has 3 rings (SSSR count). The van der Waals surface area contributed by atoms with Crippen molar-refractivity contribution in [3.8, 4) is 0 Å². The Balaban J connectivity index is 1.93. The number of carbonyl (C=O) groups excluding carboxylic acids is 1. The molecule has 2 nitrogen and oxygen atoms in total. The molecule has 1 aromatic carbocycles. The molecule has 2 aromatic rings. The fourth-order valence-electron chi connectivity index (χ4n) is 2.46. The van der Waals surface area contributed by atoms with E-state index in [9.17, 15) is 4.79 Å². The van der Waals surface area contributed by atoms with Gasteiger partial charge in [0.05, 0.1) is 0 Å². The van der Waals surface area contributed by atoms with Gasteiger partial charge in [-0.25, -0.2) is 0 Å². The summed E-state index contributed by atoms with van der Waals surface area (Å²) in [5.74, 6) is 1.10. The molecule has 1 heterocycles. The van der Waals surface area contributed by atoms with Crippen LogP contribution in [0.3, 0.4) is 0 Å². The summed E-state index contributed by atoms with van der Waals surface area (Å²) in [6.45, 7) is 2.21. The predicted molar refractivity (Wildman–Crippen MR) is 76.7 cm³/mol. The van der Waals surface area contributed by atoms with Crippen LogP contribution in [0.2, 0.25) is 5.02 Å². The first kappa shape index (κ1) is 12.5. The molecule has 0 saturated carbocycles. The van der Waals surface area contributed by atoms with Gasteiger partial charge in [-0.2, -0.15) is 0 Å². The number of rotatable bonds is 2. The van der Waals surface area contributed by atoms with E-state index in [-0.39, 0.29) is 5.78 Å². The van der Waals surface area contributed by atoms with Crippen molar-refractivity contribution in [1.29, 1.82) is 0 Å². The van der Waals surface area contributed by atoms with Crippen molar-refractivity contribution in [2.75, 3.05) is 0 Å². The number of Topliss-reactive ketones (excluding diaryl/α,β-unsaturated/α-hetero) is 1. The maximum atomic E-state index is 12.4. The van der Waals surface area contributed by atoms with Crippen molar-refractivity contribution in [1.82, 2.24) is 0 Å². The summed E-state index contributed by atoms with van der Waals surface area (Å²) in [5, 5.41) is 1.53. The normalized spacial score (nSPS) is 19.5. The number of ketones is 1. The van der Waals surface area contributed by atoms with Gasteiger partial charge in [0.25, 0.3) is 0 Å². The average Bonchev–Trinajstić information content (AvgIpc) is 2.81. The number of fused-ring (bicyclic) bond motifs is 1. The summed E-state index contributed by atoms with van der Waals surface area (Å²) in [4.78, 5) is 12.4. The van der Waals surface area contributed by atoms with Crippen LogP contribution < -0.4 is 0 Å². The van der Waals surface area contributed by atoms with Crippen molar-refractivity contribution in [3.63, 3.8) is 0 Å². The maximum absolute atomic E-state index is 12.4. The molecular weight excluding hydrogens is 260 g/mol. The molecule has 0 N–H and O–H groups in total. The van der Waals surface area contributed by atoms with E-state index >= 15 is 0 Å². The highest BCUT2D eigenvalue weighted by Gasteiger charge is 2.20. The lowest BCUT2D eigenvalue weighted by atomic mass is 9.89. The Labute approximate surface area is 117 Å². The van der Waals surface area contributed by atoms with Gasteiger partial charge in [-0.05, 0) is 55.0 Å². The summed E-state index contributed by atoms with van der Waals surface area (Å²) in [5.41, 5.74) is 1.58. The molecule has 0 saturated heterocycles. The zero-order valence-corrected chi connectivity index (χ0v) is 11.5. The van der Waals surface area contributed by atoms with Crippen molar-refractivity contribution in [3.05, 3.63) is 46.7 Å². The summed E-state index contributed by atoms with van der Waals surface area (Å²) < 4.78 is 5.62. The van der Waals surface area contributed by atoms with Gasteiger partial charge < -0.3 is 4.42 Å². The zero-order chi connectivity index (χ0) is 13.4. The number of benzene rings is 1. The number of carbonyl (C=O) groups is 1. The minimum atomic E-state index is 0.0132. The quantitative estimate of drug-likeness (QED) is 0.720. The Kier molecular flexibility index (Phi) is 3.19. The molecule has 0 fully saturated rings. The van der Waals surface area contributed by atoms with E-state index in [2.05, 4.69) is 13.0 Å². The molecule has 1 unspecified atom stereocenters. The molecule has 0 amide bonds. The largest absolute Gasteiger partial charge is 0.453 e. The van der Waals surface area contributed by atoms with Crippen molar-refractivity contribution < 1.29 is 9.21 Å². The van der Waals surface area contributed by atoms with Gasteiger partial charge in [0, 0.05) is 10.4 Å². The highest BCUT2D eigenvalue weighted by atomic mass is 35.5. The molecule has 98 valence electrons. The molecule has 1 atom stereocenters. The second kappa shape index (κ2) is 4.86. The Morgan fingerprint density at radius 1 is 1.37 bits per heavy atom. The minimum Gasteiger partial charge on any atom is -0.453 e. The van der Waals surface area contributed by atoms with Gasteiger partial charge in [0.1, 0.15) is 5.58 Å². The number of hydrogen-bond acceptors (Lipinski definition) is 2. The Morgan fingerprint density at radius 2 is 2.21 bits per heavy atom. The molecule has 0 bridgehead atoms. The van der Waals surface area contributed by atoms with E-state index < -0.39 is 0 Å². The van der Waals surface area contributed by atoms with Crippen LogP contribution in [0, 0.1) is 5.92 Å². The molecule has 1 aliphatic carbocycles. The third-order valence-corrected chi connectivity index (χ3v) is 3.90. The first-order chi connectivity index (χ1) is 9.13. The minimum absolute atomic E-state index is 0.0132. The van der Waals surface area contributed by atoms with Crippen LogP contribution in [-0.2, 0) is 0 Å². The Hall–Kier alpha value is -1.54. The third kappa shape index (κ3) is 2.45. The van der Waals surface area contributed by atoms with E-state index in [1.165, 1.54) is 0 Å². The first-order valence-corrected chi connectivity index (χ1v) is 6.94. The molecular formula is C16H15ClO2. The smallest absolute Gasteiger partial charge is 0.223 e. The molecule has 1 aliphatic rings. The van der Waals surface area contributed by atoms with Crippen LogP contribution in [0.4, 0.5) is 0 Å². The second-order valence-electron chi connectivity index (χ2n) is 5.23. The molecule has 1 aromatic heterocycles. The monoisotopic (exact) mass is 274 g/mol. The van der Waals surface area contributed by atoms with E-state index in [1.807, 2.05) is 6.07 Å². The highest BCUT2D eigenvalue weighted by molar-refractivity contribution is 6.31. The fraction of sp³-hybridized carbons (Fsp3) is 0.312. The Morgan fingerprint density at radius 3 is 2.95 bits per heavy atom. The van der Waals surface area contributed by atoms with Crippen LogP contribution in [0.5, 0.6) is 0 Å². The summed E-state index contributed by atoms with van der Waals surface area (Å²) in [6, 6.07) is 7.16. The van der Waals surface area contributed by atoms with Crippen molar-refractivity contribution >= 4 is 28.4 Å². The van der Waals surface area contributed by atoms with E-state index in [0.717, 1.165) is 30.2 Å². The number of hydrogen-bond donors (Lipinski definition) is 0. The highest BCUT2D eigenvalue weighted by Crippen LogP contribution is 2.28. The SMILES string of the molecule is CC1CC=C(C(=O)c2cc3cc(Cl)ccc3o2)CC1. The van der Waals surface area contributed by atoms with Crippen LogP contribution >= 0.6 is 11.6 Å². The van der Waals surface area contributed by atoms with E-state index in [1.54, 1.807) is 18.2 Å². The lowest BCUT2D eigenvalue weighted by Gasteiger charge is -2.16. The van der Waals surface area contributed by atoms with E-state index in [0.29, 0.717) is 22.3 Å². The third-order valence-electron chi connectivity index (χ3n) is 3.67. The van der Waals surface area contributed by atoms with Gasteiger partial charge in [-0.1, -0.05) is 24.6 Å². The number of halogens is 1. The van der Waals surface area contributed by atoms with Crippen LogP contribution in [0.1, 0.15) is 36.7 Å².